The molecule has 1 nitrogen and oxygen atoms in total. The summed E-state index contributed by atoms with van der Waals surface area (Å²) >= 11 is 4.96. The number of halogens is 2. The number of rotatable bonds is 3. The van der Waals surface area contributed by atoms with E-state index in [0.717, 1.165) is 12.2 Å². The van der Waals surface area contributed by atoms with Crippen molar-refractivity contribution in [1.29, 1.82) is 0 Å². The summed E-state index contributed by atoms with van der Waals surface area (Å²) in [7, 11) is 0. The van der Waals surface area contributed by atoms with Gasteiger partial charge in [-0.2, -0.15) is 0 Å². The van der Waals surface area contributed by atoms with Crippen LogP contribution >= 0.6 is 11.6 Å². The van der Waals surface area contributed by atoms with Crippen molar-refractivity contribution in [1.82, 2.24) is 0 Å². The molecule has 3 heteroatoms. The van der Waals surface area contributed by atoms with Gasteiger partial charge >= 0.3 is 0 Å². The summed E-state index contributed by atoms with van der Waals surface area (Å²) in [6.07, 6.45) is 1.95. The highest BCUT2D eigenvalue weighted by molar-refractivity contribution is 6.68. The first-order chi connectivity index (χ1) is 4.63. The van der Waals surface area contributed by atoms with Crippen LogP contribution in [0.3, 0.4) is 0 Å². The largest absolute Gasteiger partial charge is 0.275 e. The molecule has 0 aromatic heterocycles. The summed E-state index contributed by atoms with van der Waals surface area (Å²) < 4.78 is 12.4. The van der Waals surface area contributed by atoms with Crippen LogP contribution in [0.25, 0.3) is 0 Å². The lowest BCUT2D eigenvalue weighted by atomic mass is 10.2. The highest BCUT2D eigenvalue weighted by Gasteiger charge is 2.05. The predicted molar refractivity (Wildman–Crippen MR) is 39.4 cm³/mol. The molecule has 0 fully saturated rings. The van der Waals surface area contributed by atoms with Gasteiger partial charge in [0, 0.05) is 0 Å². The lowest BCUT2D eigenvalue weighted by Crippen LogP contribution is -1.90. The van der Waals surface area contributed by atoms with E-state index in [4.69, 9.17) is 11.6 Å². The Kier molecular flexibility index (Phi) is 3.65. The van der Waals surface area contributed by atoms with Gasteiger partial charge in [-0.05, 0) is 17.7 Å². The summed E-state index contributed by atoms with van der Waals surface area (Å²) in [5, 5.41) is -0.868. The molecule has 0 saturated heterocycles. The van der Waals surface area contributed by atoms with E-state index in [9.17, 15) is 9.18 Å². The second-order valence-electron chi connectivity index (χ2n) is 1.44. The second-order valence-corrected chi connectivity index (χ2v) is 1.79. The molecule has 0 N–H and O–H groups in total. The van der Waals surface area contributed by atoms with Gasteiger partial charge in [0.2, 0.25) is 0 Å². The summed E-state index contributed by atoms with van der Waals surface area (Å²) in [5.41, 5.74) is -0.253. The topological polar surface area (TPSA) is 17.1 Å². The number of hydrogen-bond acceptors (Lipinski definition) is 1. The van der Waals surface area contributed by atoms with E-state index in [2.05, 4.69) is 13.2 Å². The zero-order valence-electron chi connectivity index (χ0n) is 5.23. The number of hydrogen-bond donors (Lipinski definition) is 0. The smallest absolute Gasteiger partial charge is 0.255 e. The maximum Gasteiger partial charge on any atom is 0.255 e. The fraction of sp³-hybridized carbons (Fsp3) is 0. The third-order valence-corrected chi connectivity index (χ3v) is 1.06. The molecule has 10 heavy (non-hydrogen) atoms. The molecule has 0 aliphatic carbocycles. The summed E-state index contributed by atoms with van der Waals surface area (Å²) in [5.74, 6) is -0.755. The van der Waals surface area contributed by atoms with Crippen molar-refractivity contribution in [3.05, 3.63) is 36.7 Å². The molecule has 0 aromatic carbocycles. The molecular formula is C7H6ClFO. The van der Waals surface area contributed by atoms with Crippen molar-refractivity contribution in [3.63, 3.8) is 0 Å². The fourth-order valence-electron chi connectivity index (χ4n) is 0.382. The van der Waals surface area contributed by atoms with Crippen LogP contribution in [0.5, 0.6) is 0 Å². The van der Waals surface area contributed by atoms with Crippen molar-refractivity contribution >= 4 is 16.8 Å². The number of allylic oxidation sites excluding steroid dienone is 4. The zero-order valence-corrected chi connectivity index (χ0v) is 5.99. The molecule has 0 radical (unpaired) electrons. The third kappa shape index (κ3) is 2.15. The second kappa shape index (κ2) is 4.01. The Labute approximate surface area is 63.5 Å². The molecule has 0 unspecified atom stereocenters. The monoisotopic (exact) mass is 160 g/mol. The highest BCUT2D eigenvalue weighted by Crippen LogP contribution is 2.10. The van der Waals surface area contributed by atoms with Gasteiger partial charge in [0.1, 0.15) is 5.83 Å². The molecule has 0 amide bonds. The minimum absolute atomic E-state index is 0.253. The van der Waals surface area contributed by atoms with E-state index in [-0.39, 0.29) is 5.57 Å². The fourth-order valence-corrected chi connectivity index (χ4v) is 0.549. The Morgan fingerprint density at radius 2 is 1.90 bits per heavy atom. The van der Waals surface area contributed by atoms with Crippen molar-refractivity contribution in [3.8, 4) is 0 Å². The molecule has 0 aromatic rings. The molecule has 0 saturated carbocycles. The average molecular weight is 161 g/mol. The minimum atomic E-state index is -0.868. The molecule has 0 aliphatic heterocycles. The van der Waals surface area contributed by atoms with Crippen molar-refractivity contribution in [2.75, 3.05) is 0 Å². The van der Waals surface area contributed by atoms with Gasteiger partial charge < -0.3 is 0 Å². The van der Waals surface area contributed by atoms with Crippen molar-refractivity contribution in [2.24, 2.45) is 0 Å². The Bertz CT molecular complexity index is 206. The average Bonchev–Trinajstić information content (AvgIpc) is 1.88. The summed E-state index contributed by atoms with van der Waals surface area (Å²) in [4.78, 5) is 10.3. The molecular weight excluding hydrogens is 155 g/mol. The first-order valence-corrected chi connectivity index (χ1v) is 2.85. The molecule has 0 heterocycles. The van der Waals surface area contributed by atoms with E-state index in [1.165, 1.54) is 0 Å². The zero-order chi connectivity index (χ0) is 8.15. The van der Waals surface area contributed by atoms with Crippen LogP contribution in [0.2, 0.25) is 0 Å². The number of carbonyl (C=O) groups excluding carboxylic acids is 1. The molecule has 0 spiro atoms. The highest BCUT2D eigenvalue weighted by atomic mass is 35.5. The van der Waals surface area contributed by atoms with E-state index < -0.39 is 11.1 Å². The standard InChI is InChI=1S/C7H6ClFO/c1-3-5(7(8)10)6(9)4-2/h3-4H,1-2H2/b6-5-. The number of carbonyl (C=O) groups is 1. The molecule has 0 atom stereocenters. The van der Waals surface area contributed by atoms with Gasteiger partial charge in [-0.25, -0.2) is 4.39 Å². The van der Waals surface area contributed by atoms with Gasteiger partial charge in [-0.3, -0.25) is 4.79 Å². The lowest BCUT2D eigenvalue weighted by Gasteiger charge is -1.91. The minimum Gasteiger partial charge on any atom is -0.275 e. The maximum absolute atomic E-state index is 12.4. The predicted octanol–water partition coefficient (Wildman–Crippen LogP) is 2.35. The van der Waals surface area contributed by atoms with E-state index in [1.807, 2.05) is 0 Å². The van der Waals surface area contributed by atoms with Crippen LogP contribution in [0.15, 0.2) is 36.7 Å². The Morgan fingerprint density at radius 3 is 2.00 bits per heavy atom. The van der Waals surface area contributed by atoms with Crippen molar-refractivity contribution in [2.45, 2.75) is 0 Å². The molecule has 54 valence electrons. The van der Waals surface area contributed by atoms with Gasteiger partial charge in [-0.1, -0.05) is 19.2 Å². The molecule has 0 rings (SSSR count). The Morgan fingerprint density at radius 1 is 1.40 bits per heavy atom. The molecule has 0 bridgehead atoms. The lowest BCUT2D eigenvalue weighted by molar-refractivity contribution is -0.108. The first kappa shape index (κ1) is 9.11. The maximum atomic E-state index is 12.4. The Balaban J connectivity index is 4.79. The SMILES string of the molecule is C=C/C(F)=C(\C=C)C(=O)Cl. The normalized spacial score (nSPS) is 11.8. The van der Waals surface area contributed by atoms with Crippen LogP contribution in [0, 0.1) is 0 Å². The van der Waals surface area contributed by atoms with E-state index in [1.54, 1.807) is 0 Å². The Hall–Kier alpha value is -0.890. The van der Waals surface area contributed by atoms with E-state index in [0.29, 0.717) is 0 Å². The summed E-state index contributed by atoms with van der Waals surface area (Å²) in [6, 6.07) is 0. The van der Waals surface area contributed by atoms with Gasteiger partial charge in [0.15, 0.2) is 0 Å². The van der Waals surface area contributed by atoms with Crippen LogP contribution in [0.1, 0.15) is 0 Å². The molecule has 0 aliphatic rings. The van der Waals surface area contributed by atoms with Crippen LogP contribution in [-0.2, 0) is 4.79 Å². The van der Waals surface area contributed by atoms with E-state index >= 15 is 0 Å². The van der Waals surface area contributed by atoms with Crippen LogP contribution in [0.4, 0.5) is 4.39 Å². The third-order valence-electron chi connectivity index (χ3n) is 0.852. The first-order valence-electron chi connectivity index (χ1n) is 2.48. The van der Waals surface area contributed by atoms with Gasteiger partial charge in [-0.15, -0.1) is 0 Å². The van der Waals surface area contributed by atoms with Gasteiger partial charge in [0.25, 0.3) is 5.24 Å². The van der Waals surface area contributed by atoms with Crippen LogP contribution < -0.4 is 0 Å². The van der Waals surface area contributed by atoms with Crippen molar-refractivity contribution < 1.29 is 9.18 Å². The quantitative estimate of drug-likeness (QED) is 0.352. The summed E-state index contributed by atoms with van der Waals surface area (Å²) in [6.45, 7) is 6.32. The van der Waals surface area contributed by atoms with Gasteiger partial charge in [0.05, 0.1) is 5.57 Å². The van der Waals surface area contributed by atoms with Crippen LogP contribution in [-0.4, -0.2) is 5.24 Å².